The minimum absolute atomic E-state index is 0.0501. The van der Waals surface area contributed by atoms with Crippen molar-refractivity contribution in [3.63, 3.8) is 0 Å². The molecule has 0 aliphatic heterocycles. The molecule has 0 aliphatic rings. The van der Waals surface area contributed by atoms with Crippen LogP contribution in [-0.2, 0) is 6.54 Å². The molecule has 7 heteroatoms. The molecule has 0 radical (unpaired) electrons. The highest BCUT2D eigenvalue weighted by Gasteiger charge is 2.11. The summed E-state index contributed by atoms with van der Waals surface area (Å²) in [6, 6.07) is 3.13. The molecule has 17 heavy (non-hydrogen) atoms. The summed E-state index contributed by atoms with van der Waals surface area (Å²) in [4.78, 5) is 4.05. The first-order valence-electron chi connectivity index (χ1n) is 5.36. The second kappa shape index (κ2) is 5.44. The number of nitrogens with one attached hydrogen (secondary N) is 2. The minimum Gasteiger partial charge on any atom is -0.301 e. The van der Waals surface area contributed by atoms with E-state index in [1.165, 1.54) is 12.3 Å². The van der Waals surface area contributed by atoms with Crippen LogP contribution in [0.5, 0.6) is 0 Å². The van der Waals surface area contributed by atoms with Crippen molar-refractivity contribution in [2.75, 3.05) is 0 Å². The molecule has 0 aliphatic carbocycles. The van der Waals surface area contributed by atoms with Crippen molar-refractivity contribution in [2.45, 2.75) is 25.9 Å². The molecule has 2 aromatic heterocycles. The number of aromatic amines is 1. The highest BCUT2D eigenvalue weighted by Crippen LogP contribution is 2.14. The Balaban J connectivity index is 1.99. The van der Waals surface area contributed by atoms with Crippen LogP contribution >= 0.6 is 0 Å². The van der Waals surface area contributed by atoms with Crippen molar-refractivity contribution in [1.82, 2.24) is 30.9 Å². The topological polar surface area (TPSA) is 79.4 Å². The van der Waals surface area contributed by atoms with Crippen LogP contribution in [0.4, 0.5) is 4.39 Å². The number of halogens is 1. The van der Waals surface area contributed by atoms with E-state index < -0.39 is 0 Å². The van der Waals surface area contributed by atoms with Gasteiger partial charge in [-0.15, -0.1) is 10.2 Å². The standard InChI is InChI=1S/C10H13FN6/c1-2-8(9-4-3-7(11)5-12-9)13-6-10-14-16-17-15-10/h3-5,8,13H,2,6H2,1H3,(H,14,15,16,17). The van der Waals surface area contributed by atoms with Gasteiger partial charge in [0.25, 0.3) is 0 Å². The summed E-state index contributed by atoms with van der Waals surface area (Å²) < 4.78 is 12.7. The fourth-order valence-corrected chi connectivity index (χ4v) is 1.52. The maximum atomic E-state index is 12.7. The van der Waals surface area contributed by atoms with Gasteiger partial charge in [-0.1, -0.05) is 12.1 Å². The Morgan fingerprint density at radius 3 is 2.94 bits per heavy atom. The van der Waals surface area contributed by atoms with Gasteiger partial charge in [0, 0.05) is 6.04 Å². The molecule has 0 saturated heterocycles. The van der Waals surface area contributed by atoms with E-state index in [0.29, 0.717) is 12.4 Å². The third kappa shape index (κ3) is 3.04. The summed E-state index contributed by atoms with van der Waals surface area (Å²) in [6.07, 6.45) is 2.06. The molecule has 2 aromatic rings. The summed E-state index contributed by atoms with van der Waals surface area (Å²) in [6.45, 7) is 2.52. The molecule has 0 amide bonds. The molecule has 6 nitrogen and oxygen atoms in total. The van der Waals surface area contributed by atoms with E-state index in [1.54, 1.807) is 6.07 Å². The van der Waals surface area contributed by atoms with Gasteiger partial charge >= 0.3 is 0 Å². The smallest absolute Gasteiger partial charge is 0.188 e. The molecule has 0 saturated carbocycles. The first-order chi connectivity index (χ1) is 8.29. The van der Waals surface area contributed by atoms with Gasteiger partial charge in [-0.3, -0.25) is 4.98 Å². The number of pyridine rings is 1. The summed E-state index contributed by atoms with van der Waals surface area (Å²) >= 11 is 0. The fourth-order valence-electron chi connectivity index (χ4n) is 1.52. The van der Waals surface area contributed by atoms with Crippen molar-refractivity contribution in [2.24, 2.45) is 0 Å². The lowest BCUT2D eigenvalue weighted by Crippen LogP contribution is -2.22. The predicted molar refractivity (Wildman–Crippen MR) is 58.2 cm³/mol. The lowest BCUT2D eigenvalue weighted by molar-refractivity contribution is 0.495. The molecule has 1 unspecified atom stereocenters. The zero-order valence-corrected chi connectivity index (χ0v) is 9.39. The Bertz CT molecular complexity index is 440. The van der Waals surface area contributed by atoms with Crippen molar-refractivity contribution < 1.29 is 4.39 Å². The number of hydrogen-bond acceptors (Lipinski definition) is 5. The average Bonchev–Trinajstić information content (AvgIpc) is 2.85. The summed E-state index contributed by atoms with van der Waals surface area (Å²) in [5, 5.41) is 16.8. The van der Waals surface area contributed by atoms with Crippen molar-refractivity contribution in [3.8, 4) is 0 Å². The van der Waals surface area contributed by atoms with Crippen LogP contribution in [0, 0.1) is 5.82 Å². The molecule has 2 N–H and O–H groups in total. The van der Waals surface area contributed by atoms with Crippen LogP contribution < -0.4 is 5.32 Å². The van der Waals surface area contributed by atoms with Gasteiger partial charge in [0.2, 0.25) is 0 Å². The van der Waals surface area contributed by atoms with E-state index in [0.717, 1.165) is 12.1 Å². The zero-order chi connectivity index (χ0) is 12.1. The van der Waals surface area contributed by atoms with Crippen LogP contribution in [0.15, 0.2) is 18.3 Å². The van der Waals surface area contributed by atoms with Crippen molar-refractivity contribution >= 4 is 0 Å². The fraction of sp³-hybridized carbons (Fsp3) is 0.400. The number of rotatable bonds is 5. The van der Waals surface area contributed by atoms with Gasteiger partial charge in [0.15, 0.2) is 5.82 Å². The molecular formula is C10H13FN6. The van der Waals surface area contributed by atoms with Crippen LogP contribution in [0.2, 0.25) is 0 Å². The van der Waals surface area contributed by atoms with Gasteiger partial charge < -0.3 is 5.32 Å². The molecule has 0 aromatic carbocycles. The van der Waals surface area contributed by atoms with E-state index in [1.807, 2.05) is 6.92 Å². The van der Waals surface area contributed by atoms with E-state index in [9.17, 15) is 4.39 Å². The lowest BCUT2D eigenvalue weighted by atomic mass is 10.1. The molecular weight excluding hydrogens is 223 g/mol. The number of H-pyrrole nitrogens is 1. The molecule has 2 rings (SSSR count). The number of nitrogens with zero attached hydrogens (tertiary/aromatic N) is 4. The molecule has 0 fully saturated rings. The van der Waals surface area contributed by atoms with Gasteiger partial charge in [-0.2, -0.15) is 5.21 Å². The largest absolute Gasteiger partial charge is 0.301 e. The summed E-state index contributed by atoms with van der Waals surface area (Å²) in [5.74, 6) is 0.257. The third-order valence-electron chi connectivity index (χ3n) is 2.41. The average molecular weight is 236 g/mol. The Labute approximate surface area is 97.7 Å². The second-order valence-electron chi connectivity index (χ2n) is 3.57. The highest BCUT2D eigenvalue weighted by molar-refractivity contribution is 5.09. The van der Waals surface area contributed by atoms with Crippen LogP contribution in [-0.4, -0.2) is 25.6 Å². The number of aromatic nitrogens is 5. The predicted octanol–water partition coefficient (Wildman–Crippen LogP) is 0.975. The zero-order valence-electron chi connectivity index (χ0n) is 9.39. The molecule has 90 valence electrons. The van der Waals surface area contributed by atoms with Crippen molar-refractivity contribution in [1.29, 1.82) is 0 Å². The molecule has 1 atom stereocenters. The van der Waals surface area contributed by atoms with Gasteiger partial charge in [-0.05, 0) is 18.6 Å². The molecule has 0 bridgehead atoms. The lowest BCUT2D eigenvalue weighted by Gasteiger charge is -2.14. The van der Waals surface area contributed by atoms with E-state index in [-0.39, 0.29) is 11.9 Å². The van der Waals surface area contributed by atoms with E-state index in [2.05, 4.69) is 30.9 Å². The normalized spacial score (nSPS) is 12.6. The molecule has 0 spiro atoms. The van der Waals surface area contributed by atoms with Gasteiger partial charge in [0.1, 0.15) is 5.82 Å². The number of hydrogen-bond donors (Lipinski definition) is 2. The first kappa shape index (κ1) is 11.6. The molecule has 2 heterocycles. The quantitative estimate of drug-likeness (QED) is 0.808. The Kier molecular flexibility index (Phi) is 3.71. The van der Waals surface area contributed by atoms with E-state index in [4.69, 9.17) is 0 Å². The maximum absolute atomic E-state index is 12.7. The monoisotopic (exact) mass is 236 g/mol. The number of tetrazole rings is 1. The SMILES string of the molecule is CCC(NCc1nn[nH]n1)c1ccc(F)cn1. The minimum atomic E-state index is -0.332. The summed E-state index contributed by atoms with van der Waals surface area (Å²) in [7, 11) is 0. The van der Waals surface area contributed by atoms with Gasteiger partial charge in [0.05, 0.1) is 18.4 Å². The Hall–Kier alpha value is -1.89. The summed E-state index contributed by atoms with van der Waals surface area (Å²) in [5.41, 5.74) is 0.803. The Morgan fingerprint density at radius 1 is 1.47 bits per heavy atom. The van der Waals surface area contributed by atoms with Crippen molar-refractivity contribution in [3.05, 3.63) is 35.7 Å². The van der Waals surface area contributed by atoms with Crippen LogP contribution in [0.25, 0.3) is 0 Å². The Morgan fingerprint density at radius 2 is 2.35 bits per heavy atom. The highest BCUT2D eigenvalue weighted by atomic mass is 19.1. The second-order valence-corrected chi connectivity index (χ2v) is 3.57. The van der Waals surface area contributed by atoms with Crippen LogP contribution in [0.1, 0.15) is 30.9 Å². The van der Waals surface area contributed by atoms with E-state index >= 15 is 0 Å². The van der Waals surface area contributed by atoms with Crippen LogP contribution in [0.3, 0.4) is 0 Å². The third-order valence-corrected chi connectivity index (χ3v) is 2.41. The van der Waals surface area contributed by atoms with Gasteiger partial charge in [-0.25, -0.2) is 4.39 Å². The maximum Gasteiger partial charge on any atom is 0.188 e. The first-order valence-corrected chi connectivity index (χ1v) is 5.36.